The molecule has 1 rings (SSSR count). The number of benzene rings is 1. The van der Waals surface area contributed by atoms with Crippen molar-refractivity contribution in [2.75, 3.05) is 19.7 Å². The summed E-state index contributed by atoms with van der Waals surface area (Å²) < 4.78 is 43.4. The van der Waals surface area contributed by atoms with Gasteiger partial charge in [-0.05, 0) is 43.7 Å². The summed E-state index contributed by atoms with van der Waals surface area (Å²) in [7, 11) is 0. The van der Waals surface area contributed by atoms with Gasteiger partial charge in [-0.15, -0.1) is 24.0 Å². The number of hydrogen-bond donors (Lipinski definition) is 3. The highest BCUT2D eigenvalue weighted by molar-refractivity contribution is 14.0. The molecule has 0 saturated carbocycles. The van der Waals surface area contributed by atoms with Crippen LogP contribution in [0.3, 0.4) is 0 Å². The largest absolute Gasteiger partial charge is 0.434 e. The van der Waals surface area contributed by atoms with Crippen LogP contribution in [-0.4, -0.2) is 37.4 Å². The summed E-state index contributed by atoms with van der Waals surface area (Å²) in [5.74, 6) is 0.351. The molecule has 0 saturated heterocycles. The fraction of sp³-hybridized carbons (Fsp3) is 0.632. The van der Waals surface area contributed by atoms with E-state index in [1.165, 1.54) is 18.2 Å². The van der Waals surface area contributed by atoms with Gasteiger partial charge in [0.05, 0.1) is 12.1 Å². The number of rotatable bonds is 11. The predicted octanol–water partition coefficient (Wildman–Crippen LogP) is 4.14. The van der Waals surface area contributed by atoms with Gasteiger partial charge >= 0.3 is 6.61 Å². The van der Waals surface area contributed by atoms with Crippen molar-refractivity contribution >= 4 is 29.9 Å². The molecule has 9 heteroatoms. The zero-order valence-corrected chi connectivity index (χ0v) is 18.9. The minimum atomic E-state index is -3.03. The van der Waals surface area contributed by atoms with Gasteiger partial charge in [0.15, 0.2) is 5.96 Å². The number of alkyl halides is 2. The molecule has 0 aliphatic carbocycles. The fourth-order valence-electron chi connectivity index (χ4n) is 2.79. The summed E-state index contributed by atoms with van der Waals surface area (Å²) in [6.45, 7) is 4.26. The van der Waals surface area contributed by atoms with Crippen LogP contribution in [-0.2, 0) is 6.54 Å². The van der Waals surface area contributed by atoms with E-state index in [2.05, 4.69) is 34.2 Å². The first kappa shape index (κ1) is 26.8. The Labute approximate surface area is 182 Å². The molecule has 0 bridgehead atoms. The Hall–Kier alpha value is -1.23. The molecule has 28 heavy (non-hydrogen) atoms. The number of ether oxygens (including phenoxy) is 1. The van der Waals surface area contributed by atoms with E-state index in [0.717, 1.165) is 6.42 Å². The third kappa shape index (κ3) is 10.4. The zero-order chi connectivity index (χ0) is 20.2. The van der Waals surface area contributed by atoms with E-state index in [9.17, 15) is 18.3 Å². The first-order valence-electron chi connectivity index (χ1n) is 9.22. The predicted molar refractivity (Wildman–Crippen MR) is 116 cm³/mol. The maximum absolute atomic E-state index is 14.0. The van der Waals surface area contributed by atoms with Gasteiger partial charge in [0, 0.05) is 19.7 Å². The molecule has 0 amide bonds. The molecule has 0 aromatic heterocycles. The van der Waals surface area contributed by atoms with Crippen molar-refractivity contribution in [2.24, 2.45) is 16.8 Å². The molecule has 162 valence electrons. The summed E-state index contributed by atoms with van der Waals surface area (Å²) >= 11 is 0. The molecular weight excluding hydrogens is 486 g/mol. The van der Waals surface area contributed by atoms with E-state index in [4.69, 9.17) is 0 Å². The van der Waals surface area contributed by atoms with Crippen molar-refractivity contribution in [3.8, 4) is 5.75 Å². The van der Waals surface area contributed by atoms with Gasteiger partial charge in [-0.3, -0.25) is 0 Å². The first-order valence-corrected chi connectivity index (χ1v) is 9.22. The third-order valence-electron chi connectivity index (χ3n) is 3.93. The minimum absolute atomic E-state index is 0. The second kappa shape index (κ2) is 14.7. The van der Waals surface area contributed by atoms with Gasteiger partial charge in [0.2, 0.25) is 0 Å². The fourth-order valence-corrected chi connectivity index (χ4v) is 2.79. The van der Waals surface area contributed by atoms with Crippen molar-refractivity contribution in [1.82, 2.24) is 10.6 Å². The van der Waals surface area contributed by atoms with Crippen molar-refractivity contribution in [3.63, 3.8) is 0 Å². The van der Waals surface area contributed by atoms with E-state index >= 15 is 0 Å². The lowest BCUT2D eigenvalue weighted by Crippen LogP contribution is -2.40. The smallest absolute Gasteiger partial charge is 0.387 e. The SMILES string of the molecule is CCNC(=NCc1c(F)cccc1OC(F)F)NCC(CCO)CC(C)C.I. The maximum Gasteiger partial charge on any atom is 0.387 e. The molecule has 5 nitrogen and oxygen atoms in total. The molecule has 0 aliphatic rings. The van der Waals surface area contributed by atoms with Crippen LogP contribution < -0.4 is 15.4 Å². The number of hydrogen-bond acceptors (Lipinski definition) is 3. The molecular formula is C19H31F3IN3O2. The van der Waals surface area contributed by atoms with Crippen molar-refractivity contribution in [2.45, 2.75) is 46.8 Å². The highest BCUT2D eigenvalue weighted by Gasteiger charge is 2.15. The van der Waals surface area contributed by atoms with E-state index in [0.29, 0.717) is 31.4 Å². The third-order valence-corrected chi connectivity index (χ3v) is 3.93. The van der Waals surface area contributed by atoms with Gasteiger partial charge < -0.3 is 20.5 Å². The molecule has 0 spiro atoms. The zero-order valence-electron chi connectivity index (χ0n) is 16.6. The number of aliphatic hydroxyl groups excluding tert-OH is 1. The average molecular weight is 517 g/mol. The highest BCUT2D eigenvalue weighted by atomic mass is 127. The Balaban J connectivity index is 0.00000729. The van der Waals surface area contributed by atoms with Gasteiger partial charge in [-0.2, -0.15) is 8.78 Å². The van der Waals surface area contributed by atoms with Gasteiger partial charge in [0.1, 0.15) is 11.6 Å². The Morgan fingerprint density at radius 3 is 2.54 bits per heavy atom. The lowest BCUT2D eigenvalue weighted by atomic mass is 9.94. The van der Waals surface area contributed by atoms with Crippen LogP contribution >= 0.6 is 24.0 Å². The van der Waals surface area contributed by atoms with Crippen LogP contribution in [0, 0.1) is 17.7 Å². The lowest BCUT2D eigenvalue weighted by molar-refractivity contribution is -0.0506. The highest BCUT2D eigenvalue weighted by Crippen LogP contribution is 2.24. The minimum Gasteiger partial charge on any atom is -0.434 e. The number of aliphatic imine (C=N–C) groups is 1. The summed E-state index contributed by atoms with van der Waals surface area (Å²) in [5, 5.41) is 15.4. The molecule has 1 atom stereocenters. The number of aliphatic hydroxyl groups is 1. The summed E-state index contributed by atoms with van der Waals surface area (Å²) in [5.41, 5.74) is -0.0240. The van der Waals surface area contributed by atoms with E-state index in [1.807, 2.05) is 6.92 Å². The number of halogens is 4. The standard InChI is InChI=1S/C19H30F3N3O2.HI/c1-4-23-19(24-11-14(8-9-26)10-13(2)3)25-12-15-16(20)6-5-7-17(15)27-18(21)22;/h5-7,13-14,18,26H,4,8-12H2,1-3H3,(H2,23,24,25);1H. The summed E-state index contributed by atoms with van der Waals surface area (Å²) in [4.78, 5) is 4.29. The molecule has 0 aliphatic heterocycles. The lowest BCUT2D eigenvalue weighted by Gasteiger charge is -2.20. The molecule has 1 aromatic carbocycles. The van der Waals surface area contributed by atoms with Crippen molar-refractivity contribution < 1.29 is 23.0 Å². The summed E-state index contributed by atoms with van der Waals surface area (Å²) in [6.07, 6.45) is 1.62. The van der Waals surface area contributed by atoms with Crippen LogP contribution in [0.4, 0.5) is 13.2 Å². The number of nitrogens with zero attached hydrogens (tertiary/aromatic N) is 1. The van der Waals surface area contributed by atoms with Crippen LogP contribution in [0.5, 0.6) is 5.75 Å². The number of guanidine groups is 1. The van der Waals surface area contributed by atoms with Crippen LogP contribution in [0.15, 0.2) is 23.2 Å². The maximum atomic E-state index is 14.0. The number of nitrogens with one attached hydrogen (secondary N) is 2. The molecule has 3 N–H and O–H groups in total. The van der Waals surface area contributed by atoms with Crippen molar-refractivity contribution in [3.05, 3.63) is 29.6 Å². The quantitative estimate of drug-likeness (QED) is 0.235. The normalized spacial score (nSPS) is 12.7. The molecule has 0 fully saturated rings. The van der Waals surface area contributed by atoms with Crippen LogP contribution in [0.2, 0.25) is 0 Å². The summed E-state index contributed by atoms with van der Waals surface area (Å²) in [6, 6.07) is 3.79. The van der Waals surface area contributed by atoms with E-state index in [1.54, 1.807) is 0 Å². The molecule has 1 aromatic rings. The van der Waals surface area contributed by atoms with Crippen LogP contribution in [0.25, 0.3) is 0 Å². The Morgan fingerprint density at radius 2 is 1.96 bits per heavy atom. The second-order valence-corrected chi connectivity index (χ2v) is 6.68. The Kier molecular flexibility index (Phi) is 14.1. The van der Waals surface area contributed by atoms with E-state index in [-0.39, 0.29) is 54.4 Å². The molecule has 1 unspecified atom stereocenters. The monoisotopic (exact) mass is 517 g/mol. The molecule has 0 radical (unpaired) electrons. The first-order chi connectivity index (χ1) is 12.9. The second-order valence-electron chi connectivity index (χ2n) is 6.68. The topological polar surface area (TPSA) is 65.9 Å². The average Bonchev–Trinajstić information content (AvgIpc) is 2.58. The Bertz CT molecular complexity index is 590. The van der Waals surface area contributed by atoms with Crippen molar-refractivity contribution in [1.29, 1.82) is 0 Å². The Morgan fingerprint density at radius 1 is 1.25 bits per heavy atom. The van der Waals surface area contributed by atoms with Gasteiger partial charge in [0.25, 0.3) is 0 Å². The van der Waals surface area contributed by atoms with E-state index < -0.39 is 12.4 Å². The van der Waals surface area contributed by atoms with Gasteiger partial charge in [-0.25, -0.2) is 9.38 Å². The molecule has 0 heterocycles. The van der Waals surface area contributed by atoms with Gasteiger partial charge in [-0.1, -0.05) is 19.9 Å². The van der Waals surface area contributed by atoms with Crippen LogP contribution in [0.1, 0.15) is 39.2 Å².